The first kappa shape index (κ1) is 15.6. The lowest BCUT2D eigenvalue weighted by Crippen LogP contribution is -2.22. The molecule has 1 atom stereocenters. The van der Waals surface area contributed by atoms with Gasteiger partial charge in [-0.1, -0.05) is 55.0 Å². The van der Waals surface area contributed by atoms with Crippen molar-refractivity contribution in [2.24, 2.45) is 5.73 Å². The van der Waals surface area contributed by atoms with E-state index in [1.165, 1.54) is 16.7 Å². The van der Waals surface area contributed by atoms with Crippen LogP contribution in [0.3, 0.4) is 0 Å². The van der Waals surface area contributed by atoms with Gasteiger partial charge in [0.2, 0.25) is 0 Å². The summed E-state index contributed by atoms with van der Waals surface area (Å²) in [4.78, 5) is 0. The van der Waals surface area contributed by atoms with Crippen LogP contribution in [0.5, 0.6) is 5.75 Å². The summed E-state index contributed by atoms with van der Waals surface area (Å²) in [6, 6.07) is 17.0. The first-order valence-corrected chi connectivity index (χ1v) is 7.71. The van der Waals surface area contributed by atoms with Gasteiger partial charge in [-0.05, 0) is 37.0 Å². The molecule has 0 saturated heterocycles. The smallest absolute Gasteiger partial charge is 0.122 e. The molecule has 2 nitrogen and oxygen atoms in total. The normalized spacial score (nSPS) is 12.1. The zero-order valence-corrected chi connectivity index (χ0v) is 13.0. The quantitative estimate of drug-likeness (QED) is 0.836. The summed E-state index contributed by atoms with van der Waals surface area (Å²) < 4.78 is 5.99. The predicted octanol–water partition coefficient (Wildman–Crippen LogP) is 3.90. The summed E-state index contributed by atoms with van der Waals surface area (Å²) in [7, 11) is 0. The molecule has 0 heterocycles. The zero-order chi connectivity index (χ0) is 15.1. The van der Waals surface area contributed by atoms with Gasteiger partial charge in [0.05, 0.1) is 6.61 Å². The standard InChI is InChI=1S/C19H25NO/c1-3-18(20)14-17-13-15(2)9-10-19(17)21-12-11-16-7-5-4-6-8-16/h4-10,13,18H,3,11-12,14,20H2,1-2H3. The van der Waals surface area contributed by atoms with Crippen LogP contribution >= 0.6 is 0 Å². The van der Waals surface area contributed by atoms with Crippen LogP contribution in [0.1, 0.15) is 30.0 Å². The summed E-state index contributed by atoms with van der Waals surface area (Å²) in [6.07, 6.45) is 2.78. The molecular weight excluding hydrogens is 258 g/mol. The first-order valence-electron chi connectivity index (χ1n) is 7.71. The first-order chi connectivity index (χ1) is 10.2. The van der Waals surface area contributed by atoms with Gasteiger partial charge in [0, 0.05) is 12.5 Å². The van der Waals surface area contributed by atoms with E-state index in [2.05, 4.69) is 56.3 Å². The van der Waals surface area contributed by atoms with Crippen LogP contribution in [0.25, 0.3) is 0 Å². The van der Waals surface area contributed by atoms with Crippen LogP contribution in [0.2, 0.25) is 0 Å². The van der Waals surface area contributed by atoms with E-state index in [1.807, 2.05) is 6.07 Å². The molecule has 2 rings (SSSR count). The van der Waals surface area contributed by atoms with Gasteiger partial charge in [-0.2, -0.15) is 0 Å². The van der Waals surface area contributed by atoms with Crippen LogP contribution in [0.4, 0.5) is 0 Å². The minimum Gasteiger partial charge on any atom is -0.493 e. The van der Waals surface area contributed by atoms with Crippen molar-refractivity contribution >= 4 is 0 Å². The van der Waals surface area contributed by atoms with Crippen molar-refractivity contribution in [3.8, 4) is 5.75 Å². The Bertz CT molecular complexity index is 551. The Kier molecular flexibility index (Phi) is 5.82. The zero-order valence-electron chi connectivity index (χ0n) is 13.0. The number of nitrogens with two attached hydrogens (primary N) is 1. The topological polar surface area (TPSA) is 35.2 Å². The Hall–Kier alpha value is -1.80. The van der Waals surface area contributed by atoms with Crippen molar-refractivity contribution in [3.05, 3.63) is 65.2 Å². The number of hydrogen-bond acceptors (Lipinski definition) is 2. The minimum atomic E-state index is 0.197. The Morgan fingerprint density at radius 2 is 1.86 bits per heavy atom. The Balaban J connectivity index is 1.98. The molecule has 1 unspecified atom stereocenters. The number of ether oxygens (including phenoxy) is 1. The molecule has 2 N–H and O–H groups in total. The summed E-state index contributed by atoms with van der Waals surface area (Å²) in [5.41, 5.74) is 9.86. The minimum absolute atomic E-state index is 0.197. The molecule has 0 radical (unpaired) electrons. The average Bonchev–Trinajstić information content (AvgIpc) is 2.50. The molecule has 0 aliphatic rings. The van der Waals surface area contributed by atoms with Gasteiger partial charge >= 0.3 is 0 Å². The van der Waals surface area contributed by atoms with E-state index in [0.717, 1.165) is 25.0 Å². The molecular formula is C19H25NO. The van der Waals surface area contributed by atoms with E-state index in [1.54, 1.807) is 0 Å². The SMILES string of the molecule is CCC(N)Cc1cc(C)ccc1OCCc1ccccc1. The van der Waals surface area contributed by atoms with Crippen LogP contribution < -0.4 is 10.5 Å². The van der Waals surface area contributed by atoms with Crippen LogP contribution in [-0.4, -0.2) is 12.6 Å². The molecule has 112 valence electrons. The van der Waals surface area contributed by atoms with Crippen LogP contribution in [0, 0.1) is 6.92 Å². The summed E-state index contributed by atoms with van der Waals surface area (Å²) >= 11 is 0. The summed E-state index contributed by atoms with van der Waals surface area (Å²) in [5, 5.41) is 0. The Morgan fingerprint density at radius 1 is 1.10 bits per heavy atom. The second-order valence-electron chi connectivity index (χ2n) is 5.57. The maximum absolute atomic E-state index is 6.09. The second-order valence-corrected chi connectivity index (χ2v) is 5.57. The van der Waals surface area contributed by atoms with Gasteiger partial charge in [0.15, 0.2) is 0 Å². The van der Waals surface area contributed by atoms with Gasteiger partial charge in [-0.25, -0.2) is 0 Å². The lowest BCUT2D eigenvalue weighted by Gasteiger charge is -2.15. The Morgan fingerprint density at radius 3 is 2.57 bits per heavy atom. The third-order valence-electron chi connectivity index (χ3n) is 3.71. The fourth-order valence-electron chi connectivity index (χ4n) is 2.36. The molecule has 0 amide bonds. The van der Waals surface area contributed by atoms with Crippen molar-refractivity contribution in [1.82, 2.24) is 0 Å². The largest absolute Gasteiger partial charge is 0.493 e. The number of benzene rings is 2. The molecule has 0 aliphatic carbocycles. The second kappa shape index (κ2) is 7.84. The molecule has 21 heavy (non-hydrogen) atoms. The van der Waals surface area contributed by atoms with Crippen molar-refractivity contribution in [1.29, 1.82) is 0 Å². The molecule has 2 aromatic carbocycles. The van der Waals surface area contributed by atoms with Crippen LogP contribution in [-0.2, 0) is 12.8 Å². The monoisotopic (exact) mass is 283 g/mol. The highest BCUT2D eigenvalue weighted by atomic mass is 16.5. The van der Waals surface area contributed by atoms with Gasteiger partial charge in [0.1, 0.15) is 5.75 Å². The fourth-order valence-corrected chi connectivity index (χ4v) is 2.36. The lowest BCUT2D eigenvalue weighted by atomic mass is 10.0. The molecule has 0 saturated carbocycles. The van der Waals surface area contributed by atoms with E-state index in [0.29, 0.717) is 6.61 Å². The third kappa shape index (κ3) is 4.91. The molecule has 2 aromatic rings. The Labute approximate surface area is 127 Å². The van der Waals surface area contributed by atoms with E-state index < -0.39 is 0 Å². The summed E-state index contributed by atoms with van der Waals surface area (Å²) in [5.74, 6) is 0.973. The van der Waals surface area contributed by atoms with E-state index in [9.17, 15) is 0 Å². The molecule has 0 spiro atoms. The molecule has 0 aromatic heterocycles. The van der Waals surface area contributed by atoms with Crippen molar-refractivity contribution in [2.45, 2.75) is 39.2 Å². The number of aryl methyl sites for hydroxylation is 1. The van der Waals surface area contributed by atoms with Gasteiger partial charge < -0.3 is 10.5 Å². The van der Waals surface area contributed by atoms with Crippen LogP contribution in [0.15, 0.2) is 48.5 Å². The van der Waals surface area contributed by atoms with Crippen molar-refractivity contribution in [2.75, 3.05) is 6.61 Å². The highest BCUT2D eigenvalue weighted by Gasteiger charge is 2.08. The van der Waals surface area contributed by atoms with Crippen molar-refractivity contribution < 1.29 is 4.74 Å². The van der Waals surface area contributed by atoms with Gasteiger partial charge in [-0.15, -0.1) is 0 Å². The fraction of sp³-hybridized carbons (Fsp3) is 0.368. The predicted molar refractivity (Wildman–Crippen MR) is 88.8 cm³/mol. The average molecular weight is 283 g/mol. The maximum atomic E-state index is 6.09. The number of rotatable bonds is 7. The molecule has 0 bridgehead atoms. The third-order valence-corrected chi connectivity index (χ3v) is 3.71. The molecule has 0 aliphatic heterocycles. The van der Waals surface area contributed by atoms with E-state index in [-0.39, 0.29) is 6.04 Å². The van der Waals surface area contributed by atoms with E-state index >= 15 is 0 Å². The summed E-state index contributed by atoms with van der Waals surface area (Å²) in [6.45, 7) is 4.92. The highest BCUT2D eigenvalue weighted by Crippen LogP contribution is 2.22. The van der Waals surface area contributed by atoms with E-state index in [4.69, 9.17) is 10.5 Å². The van der Waals surface area contributed by atoms with Crippen molar-refractivity contribution in [3.63, 3.8) is 0 Å². The maximum Gasteiger partial charge on any atom is 0.122 e. The number of hydrogen-bond donors (Lipinski definition) is 1. The highest BCUT2D eigenvalue weighted by molar-refractivity contribution is 5.37. The van der Waals surface area contributed by atoms with Gasteiger partial charge in [0.25, 0.3) is 0 Å². The lowest BCUT2D eigenvalue weighted by molar-refractivity contribution is 0.317. The molecule has 0 fully saturated rings. The molecule has 2 heteroatoms. The van der Waals surface area contributed by atoms with Gasteiger partial charge in [-0.3, -0.25) is 0 Å².